The molecule has 0 aliphatic heterocycles. The van der Waals surface area contributed by atoms with E-state index >= 15 is 0 Å². The monoisotopic (exact) mass is 348 g/mol. The molecule has 6 heteroatoms. The van der Waals surface area contributed by atoms with Crippen molar-refractivity contribution in [2.75, 3.05) is 0 Å². The maximum atomic E-state index is 12.9. The fraction of sp³-hybridized carbons (Fsp3) is 0.579. The number of hydrogen-bond donors (Lipinski definition) is 3. The molecule has 0 radical (unpaired) electrons. The molecular formula is C19H28N2O4. The van der Waals surface area contributed by atoms with Crippen molar-refractivity contribution in [3.63, 3.8) is 0 Å². The van der Waals surface area contributed by atoms with Crippen LogP contribution in [0.15, 0.2) is 24.3 Å². The number of carbonyl (C=O) groups excluding carboxylic acids is 2. The van der Waals surface area contributed by atoms with Crippen LogP contribution in [0.3, 0.4) is 0 Å². The van der Waals surface area contributed by atoms with Gasteiger partial charge in [0.25, 0.3) is 5.91 Å². The second kappa shape index (κ2) is 7.54. The van der Waals surface area contributed by atoms with Crippen LogP contribution in [0.4, 0.5) is 0 Å². The minimum absolute atomic E-state index is 0.198. The quantitative estimate of drug-likeness (QED) is 0.711. The van der Waals surface area contributed by atoms with E-state index < -0.39 is 23.7 Å². The number of hydrazine groups is 1. The van der Waals surface area contributed by atoms with Gasteiger partial charge in [0.05, 0.1) is 17.7 Å². The summed E-state index contributed by atoms with van der Waals surface area (Å²) in [7, 11) is 0. The van der Waals surface area contributed by atoms with Crippen molar-refractivity contribution in [2.24, 2.45) is 5.92 Å². The largest absolute Gasteiger partial charge is 0.390 e. The molecule has 0 heterocycles. The summed E-state index contributed by atoms with van der Waals surface area (Å²) in [5, 5.41) is 20.8. The van der Waals surface area contributed by atoms with Gasteiger partial charge in [-0.2, -0.15) is 0 Å². The van der Waals surface area contributed by atoms with E-state index in [-0.39, 0.29) is 18.2 Å². The van der Waals surface area contributed by atoms with E-state index in [1.54, 1.807) is 12.1 Å². The van der Waals surface area contributed by atoms with Gasteiger partial charge in [0.2, 0.25) is 5.91 Å². The van der Waals surface area contributed by atoms with E-state index in [1.807, 2.05) is 39.8 Å². The number of nitrogens with zero attached hydrogens (tertiary/aromatic N) is 1. The molecule has 0 spiro atoms. The number of aliphatic hydroxyl groups is 2. The summed E-state index contributed by atoms with van der Waals surface area (Å²) < 4.78 is 0. The molecule has 0 bridgehead atoms. The Kier molecular flexibility index (Phi) is 5.85. The zero-order chi connectivity index (χ0) is 18.8. The third-order valence-electron chi connectivity index (χ3n) is 4.51. The third kappa shape index (κ3) is 4.80. The lowest BCUT2D eigenvalue weighted by Crippen LogP contribution is -2.57. The average Bonchev–Trinajstić information content (AvgIpc) is 2.53. The number of amides is 2. The van der Waals surface area contributed by atoms with Crippen LogP contribution in [0.5, 0.6) is 0 Å². The van der Waals surface area contributed by atoms with E-state index in [1.165, 1.54) is 5.01 Å². The van der Waals surface area contributed by atoms with E-state index in [4.69, 9.17) is 0 Å². The summed E-state index contributed by atoms with van der Waals surface area (Å²) in [5.41, 5.74) is 3.60. The lowest BCUT2D eigenvalue weighted by molar-refractivity contribution is -0.135. The zero-order valence-electron chi connectivity index (χ0n) is 15.3. The first-order valence-corrected chi connectivity index (χ1v) is 8.67. The summed E-state index contributed by atoms with van der Waals surface area (Å²) in [5.74, 6) is -1.00. The van der Waals surface area contributed by atoms with Crippen molar-refractivity contribution in [3.8, 4) is 0 Å². The number of benzene rings is 1. The Hall–Kier alpha value is -1.92. The van der Waals surface area contributed by atoms with Gasteiger partial charge in [-0.05, 0) is 59.1 Å². The first kappa shape index (κ1) is 19.4. The second-order valence-electron chi connectivity index (χ2n) is 7.80. The molecule has 138 valence electrons. The molecule has 1 fully saturated rings. The van der Waals surface area contributed by atoms with Crippen molar-refractivity contribution in [1.82, 2.24) is 10.4 Å². The molecule has 0 saturated heterocycles. The van der Waals surface area contributed by atoms with Crippen LogP contribution in [-0.2, 0) is 4.79 Å². The van der Waals surface area contributed by atoms with Crippen molar-refractivity contribution >= 4 is 11.8 Å². The zero-order valence-corrected chi connectivity index (χ0v) is 15.3. The van der Waals surface area contributed by atoms with Gasteiger partial charge in [-0.15, -0.1) is 0 Å². The van der Waals surface area contributed by atoms with Crippen molar-refractivity contribution in [2.45, 2.75) is 64.7 Å². The molecule has 2 amide bonds. The first-order valence-electron chi connectivity index (χ1n) is 8.67. The van der Waals surface area contributed by atoms with Crippen LogP contribution in [0.2, 0.25) is 0 Å². The van der Waals surface area contributed by atoms with Gasteiger partial charge in [0.1, 0.15) is 0 Å². The lowest BCUT2D eigenvalue weighted by Gasteiger charge is -2.37. The Morgan fingerprint density at radius 2 is 1.84 bits per heavy atom. The van der Waals surface area contributed by atoms with E-state index in [9.17, 15) is 19.8 Å². The molecule has 1 aromatic carbocycles. The molecular weight excluding hydrogens is 320 g/mol. The fourth-order valence-corrected chi connectivity index (χ4v) is 3.00. The molecule has 25 heavy (non-hydrogen) atoms. The summed E-state index contributed by atoms with van der Waals surface area (Å²) in [6, 6.07) is 7.23. The van der Waals surface area contributed by atoms with Crippen molar-refractivity contribution < 1.29 is 19.8 Å². The number of rotatable bonds is 2. The summed E-state index contributed by atoms with van der Waals surface area (Å²) in [6.45, 7) is 7.45. The highest BCUT2D eigenvalue weighted by molar-refractivity contribution is 5.96. The van der Waals surface area contributed by atoms with Gasteiger partial charge in [-0.3, -0.25) is 15.0 Å². The Morgan fingerprint density at radius 1 is 1.16 bits per heavy atom. The standard InChI is InChI=1S/C19H28N2O4/c1-12-6-5-7-14(10-12)18(25)21(19(2,3)4)20-17(24)13-8-9-15(22)16(23)11-13/h5-7,10,13,15-16,22-23H,8-9,11H2,1-4H3,(H,20,24). The molecule has 3 N–H and O–H groups in total. The highest BCUT2D eigenvalue weighted by Crippen LogP contribution is 2.26. The highest BCUT2D eigenvalue weighted by atomic mass is 16.3. The number of nitrogens with one attached hydrogen (secondary N) is 1. The Labute approximate surface area is 148 Å². The minimum Gasteiger partial charge on any atom is -0.390 e. The van der Waals surface area contributed by atoms with E-state index in [0.29, 0.717) is 18.4 Å². The maximum Gasteiger partial charge on any atom is 0.272 e. The van der Waals surface area contributed by atoms with Gasteiger partial charge in [0, 0.05) is 11.5 Å². The van der Waals surface area contributed by atoms with Gasteiger partial charge < -0.3 is 10.2 Å². The Bertz CT molecular complexity index is 639. The predicted molar refractivity (Wildman–Crippen MR) is 94.6 cm³/mol. The van der Waals surface area contributed by atoms with E-state index in [0.717, 1.165) is 5.56 Å². The molecule has 1 aliphatic rings. The van der Waals surface area contributed by atoms with Crippen molar-refractivity contribution in [1.29, 1.82) is 0 Å². The number of aliphatic hydroxyl groups excluding tert-OH is 2. The molecule has 1 saturated carbocycles. The number of aryl methyl sites for hydroxylation is 1. The molecule has 0 aromatic heterocycles. The molecule has 1 aliphatic carbocycles. The smallest absolute Gasteiger partial charge is 0.272 e. The third-order valence-corrected chi connectivity index (χ3v) is 4.51. The van der Waals surface area contributed by atoms with Gasteiger partial charge in [-0.25, -0.2) is 5.01 Å². The first-order chi connectivity index (χ1) is 11.6. The molecule has 3 atom stereocenters. The summed E-state index contributed by atoms with van der Waals surface area (Å²) >= 11 is 0. The predicted octanol–water partition coefficient (Wildman–Crippen LogP) is 1.79. The summed E-state index contributed by atoms with van der Waals surface area (Å²) in [4.78, 5) is 25.5. The fourth-order valence-electron chi connectivity index (χ4n) is 3.00. The van der Waals surface area contributed by atoms with Crippen LogP contribution >= 0.6 is 0 Å². The van der Waals surface area contributed by atoms with Crippen LogP contribution in [0, 0.1) is 12.8 Å². The van der Waals surface area contributed by atoms with Crippen LogP contribution in [0.1, 0.15) is 56.0 Å². The van der Waals surface area contributed by atoms with Crippen LogP contribution in [0.25, 0.3) is 0 Å². The molecule has 1 aromatic rings. The summed E-state index contributed by atoms with van der Waals surface area (Å²) in [6.07, 6.45) is -0.623. The minimum atomic E-state index is -0.903. The van der Waals surface area contributed by atoms with Crippen LogP contribution in [-0.4, -0.2) is 44.8 Å². The number of carbonyl (C=O) groups is 2. The lowest BCUT2D eigenvalue weighted by atomic mass is 9.85. The van der Waals surface area contributed by atoms with E-state index in [2.05, 4.69) is 5.43 Å². The molecule has 2 rings (SSSR count). The van der Waals surface area contributed by atoms with Crippen LogP contribution < -0.4 is 5.43 Å². The average molecular weight is 348 g/mol. The molecule has 3 unspecified atom stereocenters. The Balaban J connectivity index is 2.16. The van der Waals surface area contributed by atoms with Crippen molar-refractivity contribution in [3.05, 3.63) is 35.4 Å². The van der Waals surface area contributed by atoms with Gasteiger partial charge >= 0.3 is 0 Å². The SMILES string of the molecule is Cc1cccc(C(=O)N(NC(=O)C2CCC(O)C(O)C2)C(C)(C)C)c1. The second-order valence-corrected chi connectivity index (χ2v) is 7.80. The Morgan fingerprint density at radius 3 is 2.40 bits per heavy atom. The van der Waals surface area contributed by atoms with Gasteiger partial charge in [0.15, 0.2) is 0 Å². The highest BCUT2D eigenvalue weighted by Gasteiger charge is 2.35. The maximum absolute atomic E-state index is 12.9. The topological polar surface area (TPSA) is 89.9 Å². The normalized spacial score (nSPS) is 23.8. The van der Waals surface area contributed by atoms with Gasteiger partial charge in [-0.1, -0.05) is 17.7 Å². The molecule has 6 nitrogen and oxygen atoms in total. The number of hydrogen-bond acceptors (Lipinski definition) is 4.